The van der Waals surface area contributed by atoms with E-state index in [1.807, 2.05) is 13.8 Å². The summed E-state index contributed by atoms with van der Waals surface area (Å²) in [5.41, 5.74) is -7.57. The number of benzene rings is 3. The first-order valence-corrected chi connectivity index (χ1v) is 18.0. The molecule has 0 saturated heterocycles. The van der Waals surface area contributed by atoms with Gasteiger partial charge in [-0.1, -0.05) is 27.4 Å². The number of hydrogen-bond acceptors (Lipinski definition) is 8. The number of alkyl carbamates (subject to hydrolysis) is 2. The number of ether oxygens (including phenoxy) is 5. The lowest BCUT2D eigenvalue weighted by Crippen LogP contribution is -2.50. The van der Waals surface area contributed by atoms with Crippen molar-refractivity contribution in [1.29, 1.82) is 0 Å². The SMILES string of the molecule is C=C(C)C(=O)OCCOC(=O)NCC1(C)CC(NC(=O)OCc2cc(OC(F)(F)c3c(F)c(F)c(F)c(F)c3F)cc(OC(F)(F)c3c(F)c(F)c(F)c(F)c3F)c2)CC(C)(C)C1. The minimum absolute atomic E-state index is 0.00882. The molecule has 1 saturated carbocycles. The summed E-state index contributed by atoms with van der Waals surface area (Å²) in [4.78, 5) is 36.8. The third kappa shape index (κ3) is 11.7. The molecule has 24 heteroatoms. The summed E-state index contributed by atoms with van der Waals surface area (Å²) in [6.07, 6.45) is -12.2. The standard InChI is InChI=1S/C39H34F14N2O8/c1-16(2)33(56)59-6-7-60-34(57)54-15-37(5)12-18(11-36(3,4)14-37)55-35(58)61-13-17-8-19(62-38(50,51)21-23(40)27(44)31(48)28(45)24(21)41)10-20(9-17)63-39(52,53)22-25(42)29(46)32(49)30(47)26(22)43/h8-10,18H,1,6-7,11-15H2,2-5H3,(H,54,57)(H,55,58). The first kappa shape index (κ1) is 49.7. The van der Waals surface area contributed by atoms with Crippen LogP contribution in [0.15, 0.2) is 30.4 Å². The van der Waals surface area contributed by atoms with Gasteiger partial charge in [0.05, 0.1) is 0 Å². The van der Waals surface area contributed by atoms with E-state index in [1.165, 1.54) is 6.92 Å². The molecule has 1 aliphatic rings. The quantitative estimate of drug-likeness (QED) is 0.0294. The molecule has 0 spiro atoms. The molecule has 3 aromatic rings. The lowest BCUT2D eigenvalue weighted by atomic mass is 9.62. The number of alkyl halides is 4. The average molecular weight is 925 g/mol. The second-order valence-corrected chi connectivity index (χ2v) is 15.3. The van der Waals surface area contributed by atoms with Gasteiger partial charge in [0.2, 0.25) is 11.6 Å². The molecule has 2 unspecified atom stereocenters. The van der Waals surface area contributed by atoms with E-state index in [-0.39, 0.29) is 37.8 Å². The van der Waals surface area contributed by atoms with Crippen LogP contribution in [0.25, 0.3) is 0 Å². The molecule has 4 rings (SSSR count). The molecule has 346 valence electrons. The summed E-state index contributed by atoms with van der Waals surface area (Å²) in [5.74, 6) is -33.2. The van der Waals surface area contributed by atoms with E-state index in [0.717, 1.165) is 0 Å². The maximum absolute atomic E-state index is 15.2. The van der Waals surface area contributed by atoms with Crippen LogP contribution in [0.3, 0.4) is 0 Å². The van der Waals surface area contributed by atoms with Crippen molar-refractivity contribution in [1.82, 2.24) is 10.6 Å². The van der Waals surface area contributed by atoms with Crippen LogP contribution in [-0.2, 0) is 37.8 Å². The van der Waals surface area contributed by atoms with Crippen LogP contribution in [0.2, 0.25) is 0 Å². The normalized spacial score (nSPS) is 17.4. The van der Waals surface area contributed by atoms with Crippen LogP contribution in [0.5, 0.6) is 11.5 Å². The maximum Gasteiger partial charge on any atom is 0.432 e. The highest BCUT2D eigenvalue weighted by molar-refractivity contribution is 5.86. The number of hydrogen-bond donors (Lipinski definition) is 2. The largest absolute Gasteiger partial charge is 0.459 e. The molecule has 1 aliphatic carbocycles. The maximum atomic E-state index is 15.2. The molecule has 2 amide bonds. The van der Waals surface area contributed by atoms with Crippen LogP contribution >= 0.6 is 0 Å². The number of rotatable bonds is 15. The Bertz CT molecular complexity index is 2130. The predicted molar refractivity (Wildman–Crippen MR) is 186 cm³/mol. The van der Waals surface area contributed by atoms with Crippen molar-refractivity contribution < 1.29 is 99.5 Å². The van der Waals surface area contributed by atoms with Gasteiger partial charge in [-0.05, 0) is 54.7 Å². The van der Waals surface area contributed by atoms with E-state index < -0.39 is 140 Å². The molecule has 2 atom stereocenters. The Balaban J connectivity index is 1.57. The van der Waals surface area contributed by atoms with Crippen molar-refractivity contribution in [2.75, 3.05) is 19.8 Å². The van der Waals surface area contributed by atoms with Crippen molar-refractivity contribution in [3.05, 3.63) is 105 Å². The first-order valence-electron chi connectivity index (χ1n) is 18.0. The molecule has 0 radical (unpaired) electrons. The number of halogens is 14. The molecular formula is C39H34F14N2O8. The van der Waals surface area contributed by atoms with Gasteiger partial charge in [0.25, 0.3) is 0 Å². The Morgan fingerprint density at radius 2 is 1.08 bits per heavy atom. The molecule has 63 heavy (non-hydrogen) atoms. The fourth-order valence-electron chi connectivity index (χ4n) is 6.91. The second kappa shape index (κ2) is 18.8. The van der Waals surface area contributed by atoms with Gasteiger partial charge in [-0.2, -0.15) is 17.6 Å². The lowest BCUT2D eigenvalue weighted by Gasteiger charge is -2.46. The van der Waals surface area contributed by atoms with E-state index in [0.29, 0.717) is 25.0 Å². The average Bonchev–Trinajstić information content (AvgIpc) is 3.16. The van der Waals surface area contributed by atoms with Crippen LogP contribution in [0, 0.1) is 69.0 Å². The van der Waals surface area contributed by atoms with E-state index >= 15 is 17.6 Å². The lowest BCUT2D eigenvalue weighted by molar-refractivity contribution is -0.193. The minimum atomic E-state index is -5.55. The van der Waals surface area contributed by atoms with Gasteiger partial charge >= 0.3 is 30.4 Å². The zero-order chi connectivity index (χ0) is 47.6. The molecule has 1 fully saturated rings. The molecule has 0 aliphatic heterocycles. The smallest absolute Gasteiger partial charge is 0.432 e. The zero-order valence-corrected chi connectivity index (χ0v) is 33.0. The topological polar surface area (TPSA) is 121 Å². The highest BCUT2D eigenvalue weighted by Gasteiger charge is 2.47. The van der Waals surface area contributed by atoms with Crippen LogP contribution in [-0.4, -0.2) is 44.0 Å². The van der Waals surface area contributed by atoms with Gasteiger partial charge in [0.15, 0.2) is 46.5 Å². The zero-order valence-electron chi connectivity index (χ0n) is 33.0. The third-order valence-corrected chi connectivity index (χ3v) is 9.13. The predicted octanol–water partition coefficient (Wildman–Crippen LogP) is 9.99. The minimum Gasteiger partial charge on any atom is -0.459 e. The van der Waals surface area contributed by atoms with Crippen LogP contribution in [0.4, 0.5) is 71.1 Å². The van der Waals surface area contributed by atoms with Crippen molar-refractivity contribution in [2.45, 2.75) is 71.8 Å². The van der Waals surface area contributed by atoms with Gasteiger partial charge in [-0.25, -0.2) is 58.3 Å². The number of amides is 2. The Morgan fingerprint density at radius 1 is 0.651 bits per heavy atom. The number of carbonyl (C=O) groups excluding carboxylic acids is 3. The van der Waals surface area contributed by atoms with Crippen LogP contribution in [0.1, 0.15) is 63.6 Å². The fraction of sp³-hybridized carbons (Fsp3) is 0.410. The molecule has 2 N–H and O–H groups in total. The Hall–Kier alpha value is -5.97. The molecule has 0 aromatic heterocycles. The monoisotopic (exact) mass is 924 g/mol. The molecule has 10 nitrogen and oxygen atoms in total. The van der Waals surface area contributed by atoms with Crippen molar-refractivity contribution in [2.24, 2.45) is 10.8 Å². The highest BCUT2D eigenvalue weighted by Crippen LogP contribution is 2.46. The van der Waals surface area contributed by atoms with Gasteiger partial charge in [0.1, 0.15) is 42.4 Å². The summed E-state index contributed by atoms with van der Waals surface area (Å²) in [6, 6.07) is 0.0231. The van der Waals surface area contributed by atoms with E-state index in [2.05, 4.69) is 26.7 Å². The first-order chi connectivity index (χ1) is 29.0. The van der Waals surface area contributed by atoms with Crippen molar-refractivity contribution in [3.63, 3.8) is 0 Å². The van der Waals surface area contributed by atoms with Gasteiger partial charge < -0.3 is 34.3 Å². The van der Waals surface area contributed by atoms with E-state index in [9.17, 15) is 58.3 Å². The summed E-state index contributed by atoms with van der Waals surface area (Å²) >= 11 is 0. The Morgan fingerprint density at radius 3 is 1.52 bits per heavy atom. The summed E-state index contributed by atoms with van der Waals surface area (Å²) in [7, 11) is 0. The Labute approximate surface area is 347 Å². The number of esters is 1. The summed E-state index contributed by atoms with van der Waals surface area (Å²) in [6.45, 7) is 8.59. The third-order valence-electron chi connectivity index (χ3n) is 9.13. The van der Waals surface area contributed by atoms with E-state index in [4.69, 9.17) is 14.2 Å². The summed E-state index contributed by atoms with van der Waals surface area (Å²) < 4.78 is 224. The molecular weight excluding hydrogens is 890 g/mol. The van der Waals surface area contributed by atoms with Crippen molar-refractivity contribution >= 4 is 18.2 Å². The second-order valence-electron chi connectivity index (χ2n) is 15.3. The Kier molecular flexibility index (Phi) is 14.8. The van der Waals surface area contributed by atoms with Gasteiger partial charge in [-0.15, -0.1) is 0 Å². The van der Waals surface area contributed by atoms with Gasteiger partial charge in [-0.3, -0.25) is 0 Å². The molecule has 3 aromatic carbocycles. The molecule has 0 bridgehead atoms. The fourth-order valence-corrected chi connectivity index (χ4v) is 6.91. The van der Waals surface area contributed by atoms with Gasteiger partial charge in [0, 0.05) is 24.2 Å². The van der Waals surface area contributed by atoms with Crippen LogP contribution < -0.4 is 20.1 Å². The molecule has 0 heterocycles. The number of nitrogens with one attached hydrogen (secondary N) is 2. The number of carbonyl (C=O) groups is 3. The summed E-state index contributed by atoms with van der Waals surface area (Å²) in [5, 5.41) is 5.09. The highest BCUT2D eigenvalue weighted by atomic mass is 19.3. The van der Waals surface area contributed by atoms with Crippen molar-refractivity contribution in [3.8, 4) is 11.5 Å². The van der Waals surface area contributed by atoms with E-state index in [1.54, 1.807) is 6.92 Å².